The minimum Gasteiger partial charge on any atom is -0.343 e. The van der Waals surface area contributed by atoms with E-state index in [0.717, 1.165) is 26.4 Å². The molecule has 0 saturated heterocycles. The van der Waals surface area contributed by atoms with Gasteiger partial charge in [-0.05, 0) is 43.7 Å². The number of rotatable bonds is 5. The number of aryl methyl sites for hydroxylation is 2. The van der Waals surface area contributed by atoms with Crippen molar-refractivity contribution in [3.05, 3.63) is 50.4 Å². The zero-order valence-electron chi connectivity index (χ0n) is 12.7. The number of hydrogen-bond acceptors (Lipinski definition) is 4. The summed E-state index contributed by atoms with van der Waals surface area (Å²) >= 11 is 4.88. The maximum absolute atomic E-state index is 11.9. The number of carbonyl (C=O) groups excluding carboxylic acids is 2. The van der Waals surface area contributed by atoms with Crippen LogP contribution >= 0.6 is 27.3 Å². The topological polar surface area (TPSA) is 71.1 Å². The predicted molar refractivity (Wildman–Crippen MR) is 96.4 cm³/mol. The first-order valence-corrected chi connectivity index (χ1v) is 8.55. The van der Waals surface area contributed by atoms with Crippen LogP contribution in [0, 0.1) is 13.8 Å². The zero-order valence-corrected chi connectivity index (χ0v) is 15.1. The van der Waals surface area contributed by atoms with E-state index < -0.39 is 0 Å². The molecule has 1 aromatic heterocycles. The normalized spacial score (nSPS) is 10.7. The first-order chi connectivity index (χ1) is 10.9. The molecule has 2 rings (SSSR count). The van der Waals surface area contributed by atoms with Gasteiger partial charge in [0.1, 0.15) is 0 Å². The van der Waals surface area contributed by atoms with Gasteiger partial charge < -0.3 is 10.6 Å². The number of carbonyl (C=O) groups is 2. The van der Waals surface area contributed by atoms with E-state index in [4.69, 9.17) is 0 Å². The van der Waals surface area contributed by atoms with E-state index in [1.54, 1.807) is 6.08 Å². The summed E-state index contributed by atoms with van der Waals surface area (Å²) in [4.78, 5) is 27.8. The Bertz CT molecular complexity index is 756. The van der Waals surface area contributed by atoms with Crippen molar-refractivity contribution in [2.24, 2.45) is 0 Å². The van der Waals surface area contributed by atoms with E-state index in [2.05, 4.69) is 31.5 Å². The van der Waals surface area contributed by atoms with Gasteiger partial charge in [-0.2, -0.15) is 0 Å². The smallest absolute Gasteiger partial charge is 0.244 e. The molecule has 0 aliphatic carbocycles. The van der Waals surface area contributed by atoms with E-state index in [-0.39, 0.29) is 18.4 Å². The molecule has 0 atom stereocenters. The number of nitrogens with zero attached hydrogens (tertiary/aromatic N) is 1. The molecule has 7 heteroatoms. The molecule has 0 saturated carbocycles. The largest absolute Gasteiger partial charge is 0.343 e. The molecule has 0 spiro atoms. The lowest BCUT2D eigenvalue weighted by atomic mass is 10.2. The Kier molecular flexibility index (Phi) is 6.06. The molecular weight excluding hydrogens is 378 g/mol. The monoisotopic (exact) mass is 393 g/mol. The van der Waals surface area contributed by atoms with Gasteiger partial charge in [0, 0.05) is 21.6 Å². The molecule has 120 valence electrons. The summed E-state index contributed by atoms with van der Waals surface area (Å²) in [6.07, 6.45) is 2.99. The standard InChI is InChI=1S/C16H16BrN3O2S/c1-10-7-12(17)3-5-14(10)20-16(22)8-18-15(21)6-4-13-9-23-11(2)19-13/h3-7,9H,8H2,1-2H3,(H,18,21)(H,20,22)/b6-4+. The predicted octanol–water partition coefficient (Wildman–Crippen LogP) is 3.29. The van der Waals surface area contributed by atoms with E-state index in [1.165, 1.54) is 17.4 Å². The summed E-state index contributed by atoms with van der Waals surface area (Å²) < 4.78 is 0.948. The molecule has 2 aromatic rings. The Morgan fingerprint density at radius 3 is 2.78 bits per heavy atom. The number of anilines is 1. The van der Waals surface area contributed by atoms with Crippen LogP contribution in [-0.2, 0) is 9.59 Å². The second-order valence-corrected chi connectivity index (χ2v) is 6.83. The van der Waals surface area contributed by atoms with Gasteiger partial charge in [0.15, 0.2) is 0 Å². The van der Waals surface area contributed by atoms with Gasteiger partial charge in [-0.3, -0.25) is 9.59 Å². The molecule has 0 unspecified atom stereocenters. The molecule has 1 aromatic carbocycles. The van der Waals surface area contributed by atoms with Crippen molar-refractivity contribution in [1.82, 2.24) is 10.3 Å². The molecule has 2 amide bonds. The van der Waals surface area contributed by atoms with Gasteiger partial charge in [0.05, 0.1) is 17.2 Å². The first-order valence-electron chi connectivity index (χ1n) is 6.88. The number of thiazole rings is 1. The SMILES string of the molecule is Cc1nc(/C=C/C(=O)NCC(=O)Nc2ccc(Br)cc2C)cs1. The van der Waals surface area contributed by atoms with Crippen molar-refractivity contribution in [3.8, 4) is 0 Å². The molecular formula is C16H16BrN3O2S. The van der Waals surface area contributed by atoms with Gasteiger partial charge in [-0.15, -0.1) is 11.3 Å². The van der Waals surface area contributed by atoms with Crippen LogP contribution in [0.2, 0.25) is 0 Å². The molecule has 0 radical (unpaired) electrons. The Morgan fingerprint density at radius 1 is 1.35 bits per heavy atom. The number of halogens is 1. The van der Waals surface area contributed by atoms with Crippen LogP contribution in [0.4, 0.5) is 5.69 Å². The van der Waals surface area contributed by atoms with Crippen LogP contribution in [0.3, 0.4) is 0 Å². The summed E-state index contributed by atoms with van der Waals surface area (Å²) in [5.74, 6) is -0.611. The second-order valence-electron chi connectivity index (χ2n) is 4.85. The van der Waals surface area contributed by atoms with E-state index in [1.807, 2.05) is 37.4 Å². The van der Waals surface area contributed by atoms with Gasteiger partial charge in [0.25, 0.3) is 0 Å². The van der Waals surface area contributed by atoms with Gasteiger partial charge in [0.2, 0.25) is 11.8 Å². The van der Waals surface area contributed by atoms with Crippen molar-refractivity contribution in [3.63, 3.8) is 0 Å². The van der Waals surface area contributed by atoms with Crippen molar-refractivity contribution >= 4 is 50.8 Å². The molecule has 2 N–H and O–H groups in total. The summed E-state index contributed by atoms with van der Waals surface area (Å²) in [5.41, 5.74) is 2.40. The van der Waals surface area contributed by atoms with Crippen LogP contribution < -0.4 is 10.6 Å². The average molecular weight is 394 g/mol. The number of nitrogens with one attached hydrogen (secondary N) is 2. The fraction of sp³-hybridized carbons (Fsp3) is 0.188. The molecule has 5 nitrogen and oxygen atoms in total. The Balaban J connectivity index is 1.81. The number of benzene rings is 1. The third-order valence-electron chi connectivity index (χ3n) is 2.93. The number of amides is 2. The van der Waals surface area contributed by atoms with Crippen molar-refractivity contribution < 1.29 is 9.59 Å². The second kappa shape index (κ2) is 8.03. The van der Waals surface area contributed by atoms with Gasteiger partial charge >= 0.3 is 0 Å². The van der Waals surface area contributed by atoms with Gasteiger partial charge in [-0.1, -0.05) is 15.9 Å². The maximum Gasteiger partial charge on any atom is 0.244 e. The lowest BCUT2D eigenvalue weighted by molar-refractivity contribution is -0.121. The quantitative estimate of drug-likeness (QED) is 0.765. The fourth-order valence-electron chi connectivity index (χ4n) is 1.81. The Hall–Kier alpha value is -1.99. The van der Waals surface area contributed by atoms with Crippen molar-refractivity contribution in [1.29, 1.82) is 0 Å². The minimum absolute atomic E-state index is 0.0885. The molecule has 0 aliphatic heterocycles. The lowest BCUT2D eigenvalue weighted by Gasteiger charge is -2.08. The van der Waals surface area contributed by atoms with Crippen LogP contribution in [0.15, 0.2) is 34.1 Å². The highest BCUT2D eigenvalue weighted by molar-refractivity contribution is 9.10. The lowest BCUT2D eigenvalue weighted by Crippen LogP contribution is -2.31. The maximum atomic E-state index is 11.9. The zero-order chi connectivity index (χ0) is 16.8. The summed E-state index contributed by atoms with van der Waals surface area (Å²) in [7, 11) is 0. The van der Waals surface area contributed by atoms with Crippen molar-refractivity contribution in [2.75, 3.05) is 11.9 Å². The van der Waals surface area contributed by atoms with Crippen LogP contribution in [0.5, 0.6) is 0 Å². The minimum atomic E-state index is -0.335. The van der Waals surface area contributed by atoms with Crippen LogP contribution in [0.1, 0.15) is 16.3 Å². The molecule has 0 aliphatic rings. The van der Waals surface area contributed by atoms with E-state index in [0.29, 0.717) is 0 Å². The third kappa shape index (κ3) is 5.61. The molecule has 0 bridgehead atoms. The molecule has 0 fully saturated rings. The average Bonchev–Trinajstić information content (AvgIpc) is 2.91. The number of aromatic nitrogens is 1. The Labute approximate surface area is 147 Å². The van der Waals surface area contributed by atoms with Crippen molar-refractivity contribution in [2.45, 2.75) is 13.8 Å². The number of hydrogen-bond donors (Lipinski definition) is 2. The van der Waals surface area contributed by atoms with E-state index >= 15 is 0 Å². The highest BCUT2D eigenvalue weighted by atomic mass is 79.9. The summed E-state index contributed by atoms with van der Waals surface area (Å²) in [6.45, 7) is 3.71. The summed E-state index contributed by atoms with van der Waals surface area (Å²) in [5, 5.41) is 8.10. The Morgan fingerprint density at radius 2 is 2.13 bits per heavy atom. The summed E-state index contributed by atoms with van der Waals surface area (Å²) in [6, 6.07) is 5.57. The highest BCUT2D eigenvalue weighted by Gasteiger charge is 2.06. The van der Waals surface area contributed by atoms with E-state index in [9.17, 15) is 9.59 Å². The first kappa shape index (κ1) is 17.4. The van der Waals surface area contributed by atoms with Crippen LogP contribution in [0.25, 0.3) is 6.08 Å². The fourth-order valence-corrected chi connectivity index (χ4v) is 2.86. The highest BCUT2D eigenvalue weighted by Crippen LogP contribution is 2.19. The van der Waals surface area contributed by atoms with Crippen LogP contribution in [-0.4, -0.2) is 23.3 Å². The molecule has 23 heavy (non-hydrogen) atoms. The van der Waals surface area contributed by atoms with Gasteiger partial charge in [-0.25, -0.2) is 4.98 Å². The third-order valence-corrected chi connectivity index (χ3v) is 4.21. The molecule has 1 heterocycles.